The molecule has 8 heteroatoms. The van der Waals surface area contributed by atoms with Crippen LogP contribution in [0.3, 0.4) is 0 Å². The van der Waals surface area contributed by atoms with Gasteiger partial charge >= 0.3 is 0 Å². The highest BCUT2D eigenvalue weighted by atomic mass is 32.1. The van der Waals surface area contributed by atoms with Crippen molar-refractivity contribution in [2.75, 3.05) is 13.1 Å². The Morgan fingerprint density at radius 3 is 2.96 bits per heavy atom. The first-order chi connectivity index (χ1) is 12.7. The van der Waals surface area contributed by atoms with Crippen LogP contribution in [-0.2, 0) is 16.0 Å². The number of carbonyl (C=O) groups is 2. The van der Waals surface area contributed by atoms with Crippen molar-refractivity contribution in [1.29, 1.82) is 0 Å². The molecular formula is C18H21N5O2S. The summed E-state index contributed by atoms with van der Waals surface area (Å²) in [5.41, 5.74) is 1.70. The van der Waals surface area contributed by atoms with Crippen LogP contribution in [0.5, 0.6) is 0 Å². The van der Waals surface area contributed by atoms with Gasteiger partial charge in [0.2, 0.25) is 11.8 Å². The second-order valence-electron chi connectivity index (χ2n) is 6.79. The lowest BCUT2D eigenvalue weighted by atomic mass is 9.96. The molecule has 0 spiro atoms. The Morgan fingerprint density at radius 2 is 2.19 bits per heavy atom. The van der Waals surface area contributed by atoms with Gasteiger partial charge in [0.25, 0.3) is 0 Å². The zero-order valence-corrected chi connectivity index (χ0v) is 15.2. The van der Waals surface area contributed by atoms with Crippen LogP contribution in [0, 0.1) is 5.92 Å². The van der Waals surface area contributed by atoms with E-state index in [9.17, 15) is 9.59 Å². The molecule has 26 heavy (non-hydrogen) atoms. The summed E-state index contributed by atoms with van der Waals surface area (Å²) in [7, 11) is 0. The summed E-state index contributed by atoms with van der Waals surface area (Å²) in [6, 6.07) is 0.382. The van der Waals surface area contributed by atoms with Gasteiger partial charge in [0, 0.05) is 49.7 Å². The van der Waals surface area contributed by atoms with Gasteiger partial charge < -0.3 is 10.2 Å². The molecule has 0 bridgehead atoms. The molecule has 1 aliphatic heterocycles. The highest BCUT2D eigenvalue weighted by Gasteiger charge is 2.38. The third kappa shape index (κ3) is 3.90. The molecule has 2 aromatic rings. The van der Waals surface area contributed by atoms with Crippen LogP contribution >= 0.6 is 11.3 Å². The van der Waals surface area contributed by atoms with Gasteiger partial charge in [-0.25, -0.2) is 4.98 Å². The minimum atomic E-state index is -0.0844. The Hall–Kier alpha value is -2.35. The Labute approximate surface area is 155 Å². The van der Waals surface area contributed by atoms with E-state index >= 15 is 0 Å². The quantitative estimate of drug-likeness (QED) is 0.834. The fourth-order valence-electron chi connectivity index (χ4n) is 3.23. The van der Waals surface area contributed by atoms with Crippen LogP contribution < -0.4 is 5.32 Å². The normalized spacial score (nSPS) is 20.2. The van der Waals surface area contributed by atoms with Gasteiger partial charge in [-0.1, -0.05) is 0 Å². The number of rotatable bonds is 6. The number of nitrogens with one attached hydrogen (secondary N) is 1. The lowest BCUT2D eigenvalue weighted by molar-refractivity contribution is -0.138. The van der Waals surface area contributed by atoms with Gasteiger partial charge in [0.05, 0.1) is 17.8 Å². The van der Waals surface area contributed by atoms with E-state index in [0.717, 1.165) is 29.2 Å². The number of likely N-dealkylation sites (tertiary alicyclic amines) is 1. The number of hydrogen-bond acceptors (Lipinski definition) is 6. The molecule has 1 atom stereocenters. The van der Waals surface area contributed by atoms with Crippen molar-refractivity contribution in [1.82, 2.24) is 25.2 Å². The van der Waals surface area contributed by atoms with Crippen molar-refractivity contribution >= 4 is 23.2 Å². The van der Waals surface area contributed by atoms with E-state index in [1.54, 1.807) is 18.6 Å². The Bertz CT molecular complexity index is 790. The average Bonchev–Trinajstić information content (AvgIpc) is 3.40. The minimum Gasteiger partial charge on any atom is -0.355 e. The van der Waals surface area contributed by atoms with E-state index in [1.807, 2.05) is 10.3 Å². The van der Waals surface area contributed by atoms with Crippen molar-refractivity contribution in [3.05, 3.63) is 29.7 Å². The Kier molecular flexibility index (Phi) is 4.92. The molecule has 2 aromatic heterocycles. The summed E-state index contributed by atoms with van der Waals surface area (Å²) in [6.45, 7) is 1.12. The Morgan fingerprint density at radius 1 is 1.31 bits per heavy atom. The molecular weight excluding hydrogens is 350 g/mol. The zero-order chi connectivity index (χ0) is 17.9. The smallest absolute Gasteiger partial charge is 0.224 e. The summed E-state index contributed by atoms with van der Waals surface area (Å²) in [6.07, 6.45) is 8.97. The van der Waals surface area contributed by atoms with E-state index in [1.165, 1.54) is 11.3 Å². The molecule has 3 heterocycles. The zero-order valence-electron chi connectivity index (χ0n) is 14.4. The number of carbonyl (C=O) groups excluding carboxylic acids is 2. The molecule has 136 valence electrons. The molecule has 1 N–H and O–H groups in total. The van der Waals surface area contributed by atoms with Crippen LogP contribution in [-0.4, -0.2) is 50.8 Å². The van der Waals surface area contributed by atoms with Gasteiger partial charge in [0.15, 0.2) is 0 Å². The number of hydrogen-bond donors (Lipinski definition) is 1. The first-order valence-electron chi connectivity index (χ1n) is 8.98. The van der Waals surface area contributed by atoms with Crippen molar-refractivity contribution < 1.29 is 9.59 Å². The van der Waals surface area contributed by atoms with Crippen LogP contribution in [0.2, 0.25) is 0 Å². The molecule has 2 fully saturated rings. The lowest BCUT2D eigenvalue weighted by Gasteiger charge is -2.32. The fourth-order valence-corrected chi connectivity index (χ4v) is 4.05. The fraction of sp³-hybridized carbons (Fsp3) is 0.500. The molecule has 2 aliphatic rings. The van der Waals surface area contributed by atoms with Crippen LogP contribution in [0.1, 0.15) is 31.4 Å². The summed E-state index contributed by atoms with van der Waals surface area (Å²) < 4.78 is 0. The second kappa shape index (κ2) is 7.49. The van der Waals surface area contributed by atoms with Gasteiger partial charge in [-0.05, 0) is 19.3 Å². The SMILES string of the molecule is O=C(NCCc1csc(-c2cnccn2)n1)[C@@H]1CCC(=O)N(C2CC2)C1. The monoisotopic (exact) mass is 371 g/mol. The maximum absolute atomic E-state index is 12.4. The topological polar surface area (TPSA) is 88.1 Å². The maximum atomic E-state index is 12.4. The largest absolute Gasteiger partial charge is 0.355 e. The molecule has 2 amide bonds. The van der Waals surface area contributed by atoms with Crippen molar-refractivity contribution in [3.8, 4) is 10.7 Å². The molecule has 0 radical (unpaired) electrons. The molecule has 4 rings (SSSR count). The highest BCUT2D eigenvalue weighted by Crippen LogP contribution is 2.31. The number of nitrogens with zero attached hydrogens (tertiary/aromatic N) is 4. The highest BCUT2D eigenvalue weighted by molar-refractivity contribution is 7.13. The summed E-state index contributed by atoms with van der Waals surface area (Å²) in [5.74, 6) is 0.169. The molecule has 0 unspecified atom stereocenters. The first-order valence-corrected chi connectivity index (χ1v) is 9.86. The molecule has 1 aliphatic carbocycles. The number of thiazole rings is 1. The van der Waals surface area contributed by atoms with E-state index in [-0.39, 0.29) is 17.7 Å². The van der Waals surface area contributed by atoms with Gasteiger partial charge in [-0.2, -0.15) is 0 Å². The summed E-state index contributed by atoms with van der Waals surface area (Å²) in [5, 5.41) is 5.83. The van der Waals surface area contributed by atoms with E-state index in [0.29, 0.717) is 38.4 Å². The summed E-state index contributed by atoms with van der Waals surface area (Å²) >= 11 is 1.53. The van der Waals surface area contributed by atoms with Gasteiger partial charge in [-0.3, -0.25) is 19.6 Å². The van der Waals surface area contributed by atoms with Gasteiger partial charge in [-0.15, -0.1) is 11.3 Å². The number of aromatic nitrogens is 3. The van der Waals surface area contributed by atoms with Gasteiger partial charge in [0.1, 0.15) is 10.7 Å². The molecule has 0 aromatic carbocycles. The van der Waals surface area contributed by atoms with Crippen molar-refractivity contribution in [3.63, 3.8) is 0 Å². The average molecular weight is 371 g/mol. The van der Waals surface area contributed by atoms with Crippen LogP contribution in [0.25, 0.3) is 10.7 Å². The Balaban J connectivity index is 1.26. The molecule has 1 saturated heterocycles. The predicted molar refractivity (Wildman–Crippen MR) is 97.3 cm³/mol. The van der Waals surface area contributed by atoms with E-state index < -0.39 is 0 Å². The minimum absolute atomic E-state index is 0.0486. The van der Waals surface area contributed by atoms with Crippen LogP contribution in [0.15, 0.2) is 24.0 Å². The van der Waals surface area contributed by atoms with Crippen molar-refractivity contribution in [2.24, 2.45) is 5.92 Å². The second-order valence-corrected chi connectivity index (χ2v) is 7.65. The number of piperidine rings is 1. The first kappa shape index (κ1) is 17.1. The predicted octanol–water partition coefficient (Wildman–Crippen LogP) is 1.66. The van der Waals surface area contributed by atoms with Crippen molar-refractivity contribution in [2.45, 2.75) is 38.1 Å². The third-order valence-corrected chi connectivity index (χ3v) is 5.73. The van der Waals surface area contributed by atoms with E-state index in [4.69, 9.17) is 0 Å². The maximum Gasteiger partial charge on any atom is 0.224 e. The number of amides is 2. The third-order valence-electron chi connectivity index (χ3n) is 4.82. The van der Waals surface area contributed by atoms with Crippen LogP contribution in [0.4, 0.5) is 0 Å². The summed E-state index contributed by atoms with van der Waals surface area (Å²) in [4.78, 5) is 39.1. The lowest BCUT2D eigenvalue weighted by Crippen LogP contribution is -2.46. The van der Waals surface area contributed by atoms with E-state index in [2.05, 4.69) is 20.3 Å². The standard InChI is InChI=1S/C18H21N5O2S/c24-16-4-1-12(10-23(16)14-2-3-14)17(25)21-6-5-13-11-26-18(22-13)15-9-19-7-8-20-15/h7-9,11-12,14H,1-6,10H2,(H,21,25)/t12-/m1/s1. The molecule has 1 saturated carbocycles. The molecule has 7 nitrogen and oxygen atoms in total.